The first-order valence-corrected chi connectivity index (χ1v) is 8.43. The number of carbonyl (C=O) groups excluding carboxylic acids is 3. The Morgan fingerprint density at radius 2 is 2.04 bits per heavy atom. The molecular formula is C16H16N3O4S-. The van der Waals surface area contributed by atoms with Crippen LogP contribution >= 0.6 is 11.8 Å². The van der Waals surface area contributed by atoms with Crippen LogP contribution in [0.3, 0.4) is 0 Å². The van der Waals surface area contributed by atoms with Crippen LogP contribution in [0, 0.1) is 0 Å². The van der Waals surface area contributed by atoms with Crippen molar-refractivity contribution in [3.05, 3.63) is 47.2 Å². The van der Waals surface area contributed by atoms with Crippen molar-refractivity contribution in [1.82, 2.24) is 10.2 Å². The summed E-state index contributed by atoms with van der Waals surface area (Å²) in [4.78, 5) is 37.0. The predicted molar refractivity (Wildman–Crippen MR) is 86.1 cm³/mol. The summed E-state index contributed by atoms with van der Waals surface area (Å²) in [6.45, 7) is 1.65. The molecule has 3 atom stereocenters. The van der Waals surface area contributed by atoms with Gasteiger partial charge < -0.3 is 21.0 Å². The average Bonchev–Trinajstić information content (AvgIpc) is 2.59. The molecule has 3 rings (SSSR count). The summed E-state index contributed by atoms with van der Waals surface area (Å²) in [5.41, 5.74) is 7.04. The molecule has 3 N–H and O–H groups in total. The lowest BCUT2D eigenvalue weighted by atomic mass is 10.0. The number of nitrogens with zero attached hydrogens (tertiary/aromatic N) is 1. The van der Waals surface area contributed by atoms with Gasteiger partial charge in [-0.25, -0.2) is 0 Å². The van der Waals surface area contributed by atoms with E-state index in [9.17, 15) is 19.5 Å². The molecule has 2 aliphatic rings. The highest BCUT2D eigenvalue weighted by Crippen LogP contribution is 2.39. The number of hydrogen-bond donors (Lipinski definition) is 2. The van der Waals surface area contributed by atoms with Gasteiger partial charge in [0, 0.05) is 5.75 Å². The first-order chi connectivity index (χ1) is 11.4. The standard InChI is InChI=1S/C16H17N3O4S/c1-8-7-24-15-11(14(21)19(15)12(8)16(22)23)18-13(20)10(17)9-5-3-2-4-6-9/h2-6,10-11,15H,7,17H2,1H3,(H,18,20)(H,22,23)/p-1/t10-,11-,15-/m1/s1. The van der Waals surface area contributed by atoms with Gasteiger partial charge >= 0.3 is 0 Å². The molecule has 2 aliphatic heterocycles. The number of amides is 2. The summed E-state index contributed by atoms with van der Waals surface area (Å²) in [5.74, 6) is -1.84. The number of rotatable bonds is 4. The van der Waals surface area contributed by atoms with Crippen molar-refractivity contribution in [2.45, 2.75) is 24.4 Å². The third-order valence-corrected chi connectivity index (χ3v) is 5.52. The number of carboxylic acid groups (broad SMARTS) is 1. The molecule has 0 aliphatic carbocycles. The zero-order chi connectivity index (χ0) is 17.4. The van der Waals surface area contributed by atoms with Gasteiger partial charge in [0.05, 0.1) is 11.7 Å². The van der Waals surface area contributed by atoms with Crippen LogP contribution in [0.2, 0.25) is 0 Å². The maximum atomic E-state index is 12.3. The normalized spacial score (nSPS) is 24.1. The lowest BCUT2D eigenvalue weighted by molar-refractivity contribution is -0.301. The number of hydrogen-bond acceptors (Lipinski definition) is 6. The number of carbonyl (C=O) groups is 3. The Balaban J connectivity index is 1.71. The summed E-state index contributed by atoms with van der Waals surface area (Å²) in [7, 11) is 0. The Hall–Kier alpha value is -2.32. The molecule has 24 heavy (non-hydrogen) atoms. The topological polar surface area (TPSA) is 116 Å². The molecule has 0 spiro atoms. The first-order valence-electron chi connectivity index (χ1n) is 7.38. The average molecular weight is 346 g/mol. The summed E-state index contributed by atoms with van der Waals surface area (Å²) in [5, 5.41) is 13.4. The minimum absolute atomic E-state index is 0.0957. The van der Waals surface area contributed by atoms with Crippen LogP contribution in [0.1, 0.15) is 18.5 Å². The first kappa shape index (κ1) is 16.5. The smallest absolute Gasteiger partial charge is 0.253 e. The van der Waals surface area contributed by atoms with Crippen LogP contribution in [0.25, 0.3) is 0 Å². The Kier molecular flexibility index (Phi) is 4.33. The van der Waals surface area contributed by atoms with E-state index in [0.717, 1.165) is 0 Å². The quantitative estimate of drug-likeness (QED) is 0.684. The van der Waals surface area contributed by atoms with Gasteiger partial charge in [0.1, 0.15) is 17.5 Å². The minimum atomic E-state index is -1.38. The molecule has 1 aromatic rings. The van der Waals surface area contributed by atoms with Crippen LogP contribution < -0.4 is 16.2 Å². The molecule has 0 radical (unpaired) electrons. The van der Waals surface area contributed by atoms with Crippen molar-refractivity contribution in [2.75, 3.05) is 5.75 Å². The number of nitrogens with one attached hydrogen (secondary N) is 1. The Morgan fingerprint density at radius 1 is 1.38 bits per heavy atom. The Bertz CT molecular complexity index is 734. The SMILES string of the molecule is CC1=C(C(=O)[O-])N2C(=O)[C@@H](NC(=O)[C@H](N)c3ccccc3)[C@H]2SC1. The molecule has 8 heteroatoms. The van der Waals surface area contributed by atoms with Gasteiger partial charge in [-0.15, -0.1) is 11.8 Å². The number of benzene rings is 1. The Labute approximate surface area is 142 Å². The highest BCUT2D eigenvalue weighted by atomic mass is 32.2. The molecule has 1 fully saturated rings. The van der Waals surface area contributed by atoms with Gasteiger partial charge in [-0.3, -0.25) is 14.5 Å². The maximum absolute atomic E-state index is 12.3. The lowest BCUT2D eigenvalue weighted by Gasteiger charge is -2.50. The molecule has 2 heterocycles. The van der Waals surface area contributed by atoms with Gasteiger partial charge in [-0.05, 0) is 18.1 Å². The molecule has 2 amide bonds. The monoisotopic (exact) mass is 346 g/mol. The fourth-order valence-electron chi connectivity index (χ4n) is 2.82. The van der Waals surface area contributed by atoms with E-state index in [0.29, 0.717) is 16.9 Å². The van der Waals surface area contributed by atoms with E-state index < -0.39 is 35.2 Å². The zero-order valence-electron chi connectivity index (χ0n) is 12.9. The minimum Gasteiger partial charge on any atom is -0.543 e. The second-order valence-corrected chi connectivity index (χ2v) is 6.81. The second-order valence-electron chi connectivity index (χ2n) is 5.70. The molecule has 0 unspecified atom stereocenters. The van der Waals surface area contributed by atoms with E-state index in [1.807, 2.05) is 6.07 Å². The number of carboxylic acids is 1. The van der Waals surface area contributed by atoms with Crippen LogP contribution in [0.5, 0.6) is 0 Å². The maximum Gasteiger partial charge on any atom is 0.253 e. The third-order valence-electron chi connectivity index (χ3n) is 4.09. The number of fused-ring (bicyclic) bond motifs is 1. The van der Waals surface area contributed by atoms with E-state index in [2.05, 4.69) is 5.32 Å². The van der Waals surface area contributed by atoms with Gasteiger partial charge in [-0.1, -0.05) is 30.3 Å². The van der Waals surface area contributed by atoms with Crippen LogP contribution in [0.15, 0.2) is 41.6 Å². The van der Waals surface area contributed by atoms with E-state index in [1.54, 1.807) is 31.2 Å². The summed E-state index contributed by atoms with van der Waals surface area (Å²) in [6, 6.07) is 7.16. The van der Waals surface area contributed by atoms with Crippen LogP contribution in [-0.2, 0) is 14.4 Å². The number of aliphatic carboxylic acids is 1. The van der Waals surface area contributed by atoms with E-state index in [4.69, 9.17) is 5.73 Å². The predicted octanol–water partition coefficient (Wildman–Crippen LogP) is -0.890. The molecule has 126 valence electrons. The molecule has 0 bridgehead atoms. The van der Waals surface area contributed by atoms with Crippen LogP contribution in [0.4, 0.5) is 0 Å². The van der Waals surface area contributed by atoms with Crippen molar-refractivity contribution >= 4 is 29.5 Å². The third kappa shape index (κ3) is 2.67. The largest absolute Gasteiger partial charge is 0.543 e. The van der Waals surface area contributed by atoms with Crippen molar-refractivity contribution in [3.8, 4) is 0 Å². The number of thioether (sulfide) groups is 1. The highest BCUT2D eigenvalue weighted by molar-refractivity contribution is 8.00. The molecule has 1 saturated heterocycles. The van der Waals surface area contributed by atoms with E-state index in [1.165, 1.54) is 16.7 Å². The number of β-lactam (4-membered cyclic amide) rings is 1. The molecule has 0 aromatic heterocycles. The molecule has 1 aromatic carbocycles. The molecule has 0 saturated carbocycles. The van der Waals surface area contributed by atoms with Crippen molar-refractivity contribution in [1.29, 1.82) is 0 Å². The highest BCUT2D eigenvalue weighted by Gasteiger charge is 2.52. The van der Waals surface area contributed by atoms with Gasteiger partial charge in [0.15, 0.2) is 0 Å². The fourth-order valence-corrected chi connectivity index (χ4v) is 4.11. The fraction of sp³-hybridized carbons (Fsp3) is 0.312. The molecule has 7 nitrogen and oxygen atoms in total. The summed E-state index contributed by atoms with van der Waals surface area (Å²) >= 11 is 1.40. The van der Waals surface area contributed by atoms with Crippen molar-refractivity contribution in [3.63, 3.8) is 0 Å². The second kappa shape index (κ2) is 6.29. The molecular weight excluding hydrogens is 330 g/mol. The summed E-state index contributed by atoms with van der Waals surface area (Å²) < 4.78 is 0. The van der Waals surface area contributed by atoms with Crippen molar-refractivity contribution in [2.24, 2.45) is 5.73 Å². The number of nitrogens with two attached hydrogens (primary N) is 1. The van der Waals surface area contributed by atoms with Gasteiger partial charge in [0.25, 0.3) is 5.91 Å². The summed E-state index contributed by atoms with van der Waals surface area (Å²) in [6.07, 6.45) is 0. The van der Waals surface area contributed by atoms with Gasteiger partial charge in [0.2, 0.25) is 5.91 Å². The zero-order valence-corrected chi connectivity index (χ0v) is 13.7. The van der Waals surface area contributed by atoms with Crippen molar-refractivity contribution < 1.29 is 19.5 Å². The lowest BCUT2D eigenvalue weighted by Crippen LogP contribution is -2.71. The van der Waals surface area contributed by atoms with E-state index >= 15 is 0 Å². The Morgan fingerprint density at radius 3 is 2.67 bits per heavy atom. The van der Waals surface area contributed by atoms with E-state index in [-0.39, 0.29) is 5.70 Å². The van der Waals surface area contributed by atoms with Crippen LogP contribution in [-0.4, -0.2) is 39.9 Å². The van der Waals surface area contributed by atoms with Gasteiger partial charge in [-0.2, -0.15) is 0 Å².